The van der Waals surface area contributed by atoms with Crippen LogP contribution >= 0.6 is 0 Å². The Bertz CT molecular complexity index is 643. The summed E-state index contributed by atoms with van der Waals surface area (Å²) in [6, 6.07) is 10.9. The van der Waals surface area contributed by atoms with Crippen LogP contribution in [-0.2, 0) is 0 Å². The number of nitrogens with one attached hydrogen (secondary N) is 2. The highest BCUT2D eigenvalue weighted by Crippen LogP contribution is 2.29. The van der Waals surface area contributed by atoms with E-state index in [-0.39, 0.29) is 5.75 Å². The molecule has 0 spiro atoms. The lowest BCUT2D eigenvalue weighted by Crippen LogP contribution is -2.19. The molecule has 0 saturated carbocycles. The van der Waals surface area contributed by atoms with E-state index in [2.05, 4.69) is 10.6 Å². The third-order valence-corrected chi connectivity index (χ3v) is 2.76. The molecule has 0 unspecified atom stereocenters. The van der Waals surface area contributed by atoms with Crippen molar-refractivity contribution in [2.45, 2.75) is 0 Å². The number of carbonyl (C=O) groups excluding carboxylic acids is 1. The summed E-state index contributed by atoms with van der Waals surface area (Å²) < 4.78 is 10.3. The van der Waals surface area contributed by atoms with Crippen LogP contribution in [0.3, 0.4) is 0 Å². The maximum absolute atomic E-state index is 11.9. The molecule has 2 aromatic carbocycles. The minimum atomic E-state index is -0.441. The Morgan fingerprint density at radius 2 is 1.86 bits per heavy atom. The number of hydrogen-bond acceptors (Lipinski definition) is 4. The van der Waals surface area contributed by atoms with Crippen molar-refractivity contribution < 1.29 is 19.4 Å². The Labute approximate surface area is 122 Å². The van der Waals surface area contributed by atoms with Gasteiger partial charge in [-0.1, -0.05) is 6.07 Å². The van der Waals surface area contributed by atoms with Gasteiger partial charge in [-0.2, -0.15) is 0 Å². The maximum Gasteiger partial charge on any atom is 0.323 e. The summed E-state index contributed by atoms with van der Waals surface area (Å²) in [5.74, 6) is 1.20. The van der Waals surface area contributed by atoms with Gasteiger partial charge in [0.1, 0.15) is 17.2 Å². The smallest absolute Gasteiger partial charge is 0.323 e. The first-order chi connectivity index (χ1) is 10.1. The van der Waals surface area contributed by atoms with Crippen LogP contribution in [0.1, 0.15) is 0 Å². The first-order valence-electron chi connectivity index (χ1n) is 6.21. The van der Waals surface area contributed by atoms with Gasteiger partial charge in [-0.05, 0) is 24.3 Å². The lowest BCUT2D eigenvalue weighted by molar-refractivity contribution is 0.262. The van der Waals surface area contributed by atoms with Crippen LogP contribution in [0, 0.1) is 0 Å². The maximum atomic E-state index is 11.9. The van der Waals surface area contributed by atoms with Crippen molar-refractivity contribution >= 4 is 17.4 Å². The molecular weight excluding hydrogens is 272 g/mol. The molecule has 2 amide bonds. The molecular formula is C15H16N2O4. The second kappa shape index (κ2) is 6.51. The Balaban J connectivity index is 2.09. The molecule has 110 valence electrons. The second-order valence-corrected chi connectivity index (χ2v) is 4.20. The molecule has 0 aliphatic heterocycles. The quantitative estimate of drug-likeness (QED) is 0.807. The molecule has 0 radical (unpaired) electrons. The number of methoxy groups -OCH3 is 2. The normalized spacial score (nSPS) is 9.81. The predicted octanol–water partition coefficient (Wildman–Crippen LogP) is 3.05. The number of amides is 2. The van der Waals surface area contributed by atoms with Gasteiger partial charge >= 0.3 is 6.03 Å². The zero-order valence-corrected chi connectivity index (χ0v) is 11.7. The van der Waals surface area contributed by atoms with Crippen LogP contribution in [0.25, 0.3) is 0 Å². The molecule has 0 heterocycles. The minimum Gasteiger partial charge on any atom is -0.508 e. The Morgan fingerprint density at radius 3 is 2.52 bits per heavy atom. The summed E-state index contributed by atoms with van der Waals surface area (Å²) >= 11 is 0. The van der Waals surface area contributed by atoms with Crippen LogP contribution in [0.2, 0.25) is 0 Å². The van der Waals surface area contributed by atoms with Crippen LogP contribution in [0.4, 0.5) is 16.2 Å². The molecule has 3 N–H and O–H groups in total. The first-order valence-corrected chi connectivity index (χ1v) is 6.21. The molecule has 0 saturated heterocycles. The number of benzene rings is 2. The largest absolute Gasteiger partial charge is 0.508 e. The summed E-state index contributed by atoms with van der Waals surface area (Å²) in [4.78, 5) is 11.9. The van der Waals surface area contributed by atoms with E-state index < -0.39 is 6.03 Å². The highest BCUT2D eigenvalue weighted by molar-refractivity contribution is 6.00. The minimum absolute atomic E-state index is 0.0785. The van der Waals surface area contributed by atoms with Crippen molar-refractivity contribution in [2.75, 3.05) is 24.9 Å². The number of carbonyl (C=O) groups is 1. The number of phenolic OH excluding ortho intramolecular Hbond substituents is 1. The average molecular weight is 288 g/mol. The number of anilines is 2. The van der Waals surface area contributed by atoms with Crippen molar-refractivity contribution in [1.82, 2.24) is 0 Å². The van der Waals surface area contributed by atoms with E-state index in [1.807, 2.05) is 0 Å². The van der Waals surface area contributed by atoms with Crippen LogP contribution < -0.4 is 20.1 Å². The molecule has 0 aliphatic rings. The van der Waals surface area contributed by atoms with Gasteiger partial charge in [0.2, 0.25) is 0 Å². The molecule has 0 aromatic heterocycles. The topological polar surface area (TPSA) is 79.8 Å². The molecule has 2 aromatic rings. The molecule has 21 heavy (non-hydrogen) atoms. The van der Waals surface area contributed by atoms with E-state index in [1.54, 1.807) is 37.4 Å². The summed E-state index contributed by atoms with van der Waals surface area (Å²) in [6.07, 6.45) is 0. The fourth-order valence-electron chi connectivity index (χ4n) is 1.77. The summed E-state index contributed by atoms with van der Waals surface area (Å²) in [5.41, 5.74) is 0.996. The van der Waals surface area contributed by atoms with Crippen molar-refractivity contribution in [3.05, 3.63) is 42.5 Å². The summed E-state index contributed by atoms with van der Waals surface area (Å²) in [7, 11) is 3.06. The van der Waals surface area contributed by atoms with Gasteiger partial charge in [0.05, 0.1) is 19.9 Å². The number of phenols is 1. The van der Waals surface area contributed by atoms with E-state index in [1.165, 1.54) is 19.2 Å². The Kier molecular flexibility index (Phi) is 4.50. The number of rotatable bonds is 4. The standard InChI is InChI=1S/C15H16N2O4/c1-20-12-6-7-13(14(9-12)21-2)17-15(19)16-10-4-3-5-11(18)8-10/h3-9,18H,1-2H3,(H2,16,17,19). The number of aromatic hydroxyl groups is 1. The number of hydrogen-bond donors (Lipinski definition) is 3. The first kappa shape index (κ1) is 14.5. The van der Waals surface area contributed by atoms with E-state index >= 15 is 0 Å². The van der Waals surface area contributed by atoms with E-state index in [9.17, 15) is 9.90 Å². The van der Waals surface area contributed by atoms with Gasteiger partial charge in [-0.3, -0.25) is 0 Å². The van der Waals surface area contributed by atoms with Crippen molar-refractivity contribution in [3.8, 4) is 17.2 Å². The molecule has 0 atom stereocenters. The van der Waals surface area contributed by atoms with Crippen molar-refractivity contribution in [2.24, 2.45) is 0 Å². The highest BCUT2D eigenvalue weighted by atomic mass is 16.5. The van der Waals surface area contributed by atoms with E-state index in [0.29, 0.717) is 22.9 Å². The van der Waals surface area contributed by atoms with Crippen LogP contribution in [-0.4, -0.2) is 25.4 Å². The zero-order chi connectivity index (χ0) is 15.2. The summed E-state index contributed by atoms with van der Waals surface area (Å²) in [5, 5.41) is 14.6. The molecule has 6 nitrogen and oxygen atoms in total. The lowest BCUT2D eigenvalue weighted by atomic mass is 10.2. The van der Waals surface area contributed by atoms with Crippen LogP contribution in [0.15, 0.2) is 42.5 Å². The molecule has 6 heteroatoms. The number of urea groups is 1. The van der Waals surface area contributed by atoms with Gasteiger partial charge in [-0.15, -0.1) is 0 Å². The average Bonchev–Trinajstić information content (AvgIpc) is 2.47. The molecule has 0 fully saturated rings. The monoisotopic (exact) mass is 288 g/mol. The van der Waals surface area contributed by atoms with Gasteiger partial charge in [-0.25, -0.2) is 4.79 Å². The van der Waals surface area contributed by atoms with Crippen molar-refractivity contribution in [3.63, 3.8) is 0 Å². The fourth-order valence-corrected chi connectivity index (χ4v) is 1.77. The predicted molar refractivity (Wildman–Crippen MR) is 80.3 cm³/mol. The summed E-state index contributed by atoms with van der Waals surface area (Å²) in [6.45, 7) is 0. The SMILES string of the molecule is COc1ccc(NC(=O)Nc2cccc(O)c2)c(OC)c1. The highest BCUT2D eigenvalue weighted by Gasteiger charge is 2.09. The van der Waals surface area contributed by atoms with Crippen LogP contribution in [0.5, 0.6) is 17.2 Å². The zero-order valence-electron chi connectivity index (χ0n) is 11.7. The molecule has 0 aliphatic carbocycles. The van der Waals surface area contributed by atoms with E-state index in [4.69, 9.17) is 9.47 Å². The van der Waals surface area contributed by atoms with Gasteiger partial charge < -0.3 is 25.2 Å². The van der Waals surface area contributed by atoms with Crippen molar-refractivity contribution in [1.29, 1.82) is 0 Å². The van der Waals surface area contributed by atoms with Gasteiger partial charge in [0, 0.05) is 17.8 Å². The fraction of sp³-hybridized carbons (Fsp3) is 0.133. The molecule has 2 rings (SSSR count). The number of ether oxygens (including phenoxy) is 2. The van der Waals surface area contributed by atoms with Gasteiger partial charge in [0.15, 0.2) is 0 Å². The lowest BCUT2D eigenvalue weighted by Gasteiger charge is -2.12. The van der Waals surface area contributed by atoms with Gasteiger partial charge in [0.25, 0.3) is 0 Å². The van der Waals surface area contributed by atoms with E-state index in [0.717, 1.165) is 0 Å². The third-order valence-electron chi connectivity index (χ3n) is 2.76. The molecule has 0 bridgehead atoms. The Hall–Kier alpha value is -2.89. The Morgan fingerprint density at radius 1 is 1.05 bits per heavy atom. The third kappa shape index (κ3) is 3.79. The second-order valence-electron chi connectivity index (χ2n) is 4.20.